The molecular weight excluding hydrogens is 432 g/mol. The SMILES string of the molecule is C=C(/C=C/C1=C(C)C(=C\C2=C(C)C=C(CC(C)(C)C)CC2)/CCC1)C(C)(C)c1ccccc1C(C)C. The van der Waals surface area contributed by atoms with Crippen LogP contribution in [0, 0.1) is 5.41 Å². The molecule has 0 atom stereocenters. The second kappa shape index (κ2) is 11.4. The van der Waals surface area contributed by atoms with E-state index in [-0.39, 0.29) is 5.41 Å². The predicted molar refractivity (Wildman–Crippen MR) is 161 cm³/mol. The van der Waals surface area contributed by atoms with E-state index in [1.54, 1.807) is 5.57 Å². The van der Waals surface area contributed by atoms with E-state index < -0.39 is 0 Å². The molecule has 0 nitrogen and oxygen atoms in total. The van der Waals surface area contributed by atoms with Gasteiger partial charge in [0.15, 0.2) is 0 Å². The van der Waals surface area contributed by atoms with Gasteiger partial charge in [-0.05, 0) is 108 Å². The van der Waals surface area contributed by atoms with E-state index in [0.29, 0.717) is 11.3 Å². The largest absolute Gasteiger partial charge is 0.0949 e. The second-order valence-corrected chi connectivity index (χ2v) is 13.1. The lowest BCUT2D eigenvalue weighted by molar-refractivity contribution is 0.403. The zero-order valence-electron chi connectivity index (χ0n) is 24.6. The molecule has 0 radical (unpaired) electrons. The number of benzene rings is 1. The molecule has 0 aromatic heterocycles. The molecule has 0 fully saturated rings. The molecule has 0 saturated heterocycles. The zero-order chi connectivity index (χ0) is 26.7. The minimum atomic E-state index is -0.0969. The monoisotopic (exact) mass is 482 g/mol. The third-order valence-corrected chi connectivity index (χ3v) is 8.15. The molecule has 0 aliphatic heterocycles. The van der Waals surface area contributed by atoms with E-state index in [0.717, 1.165) is 6.42 Å². The van der Waals surface area contributed by atoms with Gasteiger partial charge in [-0.2, -0.15) is 0 Å². The highest BCUT2D eigenvalue weighted by Crippen LogP contribution is 2.38. The number of hydrogen-bond acceptors (Lipinski definition) is 0. The van der Waals surface area contributed by atoms with Gasteiger partial charge in [-0.1, -0.05) is 109 Å². The number of rotatable bonds is 7. The zero-order valence-corrected chi connectivity index (χ0v) is 24.6. The molecule has 3 rings (SSSR count). The minimum Gasteiger partial charge on any atom is -0.0949 e. The average molecular weight is 483 g/mol. The van der Waals surface area contributed by atoms with Crippen LogP contribution in [0.5, 0.6) is 0 Å². The van der Waals surface area contributed by atoms with Gasteiger partial charge in [-0.3, -0.25) is 0 Å². The molecule has 0 unspecified atom stereocenters. The molecule has 0 saturated carbocycles. The number of hydrogen-bond donors (Lipinski definition) is 0. The molecule has 0 bridgehead atoms. The molecule has 2 aliphatic carbocycles. The van der Waals surface area contributed by atoms with Crippen molar-refractivity contribution >= 4 is 0 Å². The van der Waals surface area contributed by atoms with Gasteiger partial charge in [0.25, 0.3) is 0 Å². The predicted octanol–water partition coefficient (Wildman–Crippen LogP) is 11.1. The first kappa shape index (κ1) is 28.2. The molecule has 1 aromatic rings. The van der Waals surface area contributed by atoms with Crippen LogP contribution in [0.4, 0.5) is 0 Å². The second-order valence-electron chi connectivity index (χ2n) is 13.1. The summed E-state index contributed by atoms with van der Waals surface area (Å²) in [5.74, 6) is 0.505. The van der Waals surface area contributed by atoms with Crippen molar-refractivity contribution in [3.05, 3.63) is 105 Å². The van der Waals surface area contributed by atoms with Gasteiger partial charge in [-0.15, -0.1) is 0 Å². The van der Waals surface area contributed by atoms with Crippen molar-refractivity contribution in [1.29, 1.82) is 0 Å². The van der Waals surface area contributed by atoms with Crippen molar-refractivity contribution in [1.82, 2.24) is 0 Å². The third-order valence-electron chi connectivity index (χ3n) is 8.15. The summed E-state index contributed by atoms with van der Waals surface area (Å²) < 4.78 is 0. The fraction of sp³-hybridized carbons (Fsp3) is 0.500. The molecule has 0 N–H and O–H groups in total. The molecule has 0 amide bonds. The maximum atomic E-state index is 4.53. The summed E-state index contributed by atoms with van der Waals surface area (Å²) in [6, 6.07) is 8.87. The Morgan fingerprint density at radius 2 is 1.64 bits per heavy atom. The standard InChI is InChI=1S/C36H50/c1-25(2)33-16-11-12-17-34(33)36(9,10)27(4)18-20-30-14-13-15-32(28(30)5)23-31-21-19-29(22-26(31)3)24-35(6,7)8/h11-12,16-18,20,22-23,25H,4,13-15,19,21,24H2,1-3,5-10H3/b20-18+,32-23-. The Hall–Kier alpha value is -2.34. The van der Waals surface area contributed by atoms with Gasteiger partial charge in [0.1, 0.15) is 0 Å². The van der Waals surface area contributed by atoms with Crippen LogP contribution >= 0.6 is 0 Å². The van der Waals surface area contributed by atoms with Crippen molar-refractivity contribution < 1.29 is 0 Å². The summed E-state index contributed by atoms with van der Waals surface area (Å²) in [4.78, 5) is 0. The van der Waals surface area contributed by atoms with E-state index in [4.69, 9.17) is 0 Å². The first-order chi connectivity index (χ1) is 16.8. The van der Waals surface area contributed by atoms with Crippen LogP contribution in [0.2, 0.25) is 0 Å². The fourth-order valence-corrected chi connectivity index (χ4v) is 5.77. The Labute approximate surface area is 222 Å². The third kappa shape index (κ3) is 6.90. The smallest absolute Gasteiger partial charge is 0.0143 e. The Morgan fingerprint density at radius 3 is 2.28 bits per heavy atom. The van der Waals surface area contributed by atoms with Gasteiger partial charge >= 0.3 is 0 Å². The van der Waals surface area contributed by atoms with Crippen LogP contribution in [0.15, 0.2) is 94.2 Å². The Bertz CT molecular complexity index is 1130. The molecule has 0 heterocycles. The summed E-state index contributed by atoms with van der Waals surface area (Å²) in [6.07, 6.45) is 16.8. The van der Waals surface area contributed by atoms with Crippen LogP contribution in [0.3, 0.4) is 0 Å². The average Bonchev–Trinajstić information content (AvgIpc) is 2.79. The molecule has 2 aliphatic rings. The van der Waals surface area contributed by atoms with Crippen LogP contribution < -0.4 is 0 Å². The van der Waals surface area contributed by atoms with E-state index in [1.165, 1.54) is 76.7 Å². The van der Waals surface area contributed by atoms with Gasteiger partial charge in [0.05, 0.1) is 0 Å². The van der Waals surface area contributed by atoms with Crippen LogP contribution in [0.25, 0.3) is 0 Å². The molecule has 0 spiro atoms. The highest BCUT2D eigenvalue weighted by atomic mass is 14.3. The van der Waals surface area contributed by atoms with Crippen molar-refractivity contribution in [2.45, 2.75) is 112 Å². The van der Waals surface area contributed by atoms with Gasteiger partial charge in [0.2, 0.25) is 0 Å². The lowest BCUT2D eigenvalue weighted by Gasteiger charge is -2.30. The normalized spacial score (nSPS) is 19.1. The first-order valence-electron chi connectivity index (χ1n) is 14.1. The lowest BCUT2D eigenvalue weighted by atomic mass is 9.74. The first-order valence-corrected chi connectivity index (χ1v) is 14.1. The van der Waals surface area contributed by atoms with Gasteiger partial charge < -0.3 is 0 Å². The van der Waals surface area contributed by atoms with Crippen LogP contribution in [0.1, 0.15) is 118 Å². The van der Waals surface area contributed by atoms with Crippen molar-refractivity contribution in [3.8, 4) is 0 Å². The van der Waals surface area contributed by atoms with Crippen molar-refractivity contribution in [3.63, 3.8) is 0 Å². The summed E-state index contributed by atoms with van der Waals surface area (Å²) in [5, 5.41) is 0. The maximum Gasteiger partial charge on any atom is 0.0143 e. The molecular formula is C36H50. The minimum absolute atomic E-state index is 0.0969. The Kier molecular flexibility index (Phi) is 8.92. The highest BCUT2D eigenvalue weighted by Gasteiger charge is 2.26. The molecule has 1 aromatic carbocycles. The Balaban J connectivity index is 1.84. The van der Waals surface area contributed by atoms with Crippen molar-refractivity contribution in [2.75, 3.05) is 0 Å². The topological polar surface area (TPSA) is 0 Å². The van der Waals surface area contributed by atoms with E-state index >= 15 is 0 Å². The van der Waals surface area contributed by atoms with E-state index in [9.17, 15) is 0 Å². The lowest BCUT2D eigenvalue weighted by Crippen LogP contribution is -2.21. The van der Waals surface area contributed by atoms with E-state index in [1.807, 2.05) is 0 Å². The van der Waals surface area contributed by atoms with Crippen molar-refractivity contribution in [2.24, 2.45) is 5.41 Å². The van der Waals surface area contributed by atoms with Crippen LogP contribution in [-0.2, 0) is 5.41 Å². The molecule has 0 heteroatoms. The quantitative estimate of drug-likeness (QED) is 0.339. The summed E-state index contributed by atoms with van der Waals surface area (Å²) >= 11 is 0. The van der Waals surface area contributed by atoms with E-state index in [2.05, 4.69) is 117 Å². The molecule has 194 valence electrons. The molecule has 36 heavy (non-hydrogen) atoms. The van der Waals surface area contributed by atoms with Gasteiger partial charge in [-0.25, -0.2) is 0 Å². The Morgan fingerprint density at radius 1 is 0.944 bits per heavy atom. The van der Waals surface area contributed by atoms with Crippen LogP contribution in [-0.4, -0.2) is 0 Å². The highest BCUT2D eigenvalue weighted by molar-refractivity contribution is 5.50. The van der Waals surface area contributed by atoms with Gasteiger partial charge in [0, 0.05) is 5.41 Å². The number of allylic oxidation sites excluding steroid dienone is 11. The fourth-order valence-electron chi connectivity index (χ4n) is 5.77. The summed E-state index contributed by atoms with van der Waals surface area (Å²) in [7, 11) is 0. The maximum absolute atomic E-state index is 4.53. The summed E-state index contributed by atoms with van der Waals surface area (Å²) in [6.45, 7) is 25.4. The summed E-state index contributed by atoms with van der Waals surface area (Å²) in [5.41, 5.74) is 13.3.